The Morgan fingerprint density at radius 2 is 1.44 bits per heavy atom. The quantitative estimate of drug-likeness (QED) is 0.0623. The van der Waals surface area contributed by atoms with Gasteiger partial charge in [-0.05, 0) is 84.3 Å². The zero-order valence-electron chi connectivity index (χ0n) is 27.9. The third kappa shape index (κ3) is 14.0. The highest BCUT2D eigenvalue weighted by atomic mass is 16.7. The van der Waals surface area contributed by atoms with E-state index in [9.17, 15) is 9.59 Å². The maximum atomic E-state index is 13.1. The van der Waals surface area contributed by atoms with E-state index in [4.69, 9.17) is 9.47 Å². The highest BCUT2D eigenvalue weighted by Crippen LogP contribution is 2.23. The lowest BCUT2D eigenvalue weighted by atomic mass is 10.1. The van der Waals surface area contributed by atoms with E-state index in [0.717, 1.165) is 61.5 Å². The van der Waals surface area contributed by atoms with Crippen LogP contribution in [-0.2, 0) is 20.7 Å². The number of esters is 1. The number of aromatic nitrogens is 1. The number of rotatable bonds is 21. The molecule has 0 aliphatic rings. The predicted molar refractivity (Wildman–Crippen MR) is 179 cm³/mol. The van der Waals surface area contributed by atoms with Gasteiger partial charge in [0.05, 0.1) is 5.52 Å². The number of hydrogen-bond donors (Lipinski definition) is 0. The maximum Gasteiger partial charge on any atom is 0.421 e. The van der Waals surface area contributed by atoms with Crippen molar-refractivity contribution in [3.63, 3.8) is 0 Å². The van der Waals surface area contributed by atoms with E-state index in [1.54, 1.807) is 6.92 Å². The van der Waals surface area contributed by atoms with Crippen LogP contribution in [-0.4, -0.2) is 46.4 Å². The Bertz CT molecular complexity index is 1120. The molecular weight excluding hydrogens is 536 g/mol. The van der Waals surface area contributed by atoms with Crippen molar-refractivity contribution in [2.75, 3.05) is 6.54 Å². The summed E-state index contributed by atoms with van der Waals surface area (Å²) in [6, 6.07) is 8.75. The Balaban J connectivity index is 1.68. The highest BCUT2D eigenvalue weighted by molar-refractivity contribution is 5.92. The molecule has 0 fully saturated rings. The molecule has 0 N–H and O–H groups in total. The summed E-state index contributed by atoms with van der Waals surface area (Å²) < 4.78 is 12.4. The van der Waals surface area contributed by atoms with Gasteiger partial charge < -0.3 is 9.47 Å². The summed E-state index contributed by atoms with van der Waals surface area (Å²) in [6.07, 6.45) is 23.1. The van der Waals surface area contributed by atoms with Gasteiger partial charge in [-0.1, -0.05) is 81.5 Å². The maximum absolute atomic E-state index is 13.1. The van der Waals surface area contributed by atoms with Crippen molar-refractivity contribution >= 4 is 23.0 Å². The topological polar surface area (TPSA) is 60.8 Å². The monoisotopic (exact) mass is 594 g/mol. The number of carbonyl (C=O) groups is 2. The normalized spacial score (nSPS) is 12.9. The lowest BCUT2D eigenvalue weighted by Gasteiger charge is -2.30. The van der Waals surface area contributed by atoms with Gasteiger partial charge in [0, 0.05) is 43.6 Å². The number of carbonyl (C=O) groups excluding carboxylic acids is 2. The van der Waals surface area contributed by atoms with Gasteiger partial charge in [0.2, 0.25) is 6.29 Å². The van der Waals surface area contributed by atoms with Crippen molar-refractivity contribution in [2.45, 2.75) is 143 Å². The Kier molecular flexibility index (Phi) is 17.7. The van der Waals surface area contributed by atoms with Gasteiger partial charge in [0.25, 0.3) is 0 Å². The fourth-order valence-electron chi connectivity index (χ4n) is 5.51. The Morgan fingerprint density at radius 3 is 2.12 bits per heavy atom. The van der Waals surface area contributed by atoms with Crippen LogP contribution in [0.2, 0.25) is 0 Å². The SMILES string of the molecule is CCCCC/C=C\C/C=C\CCCCCCCC(=O)OC(C)OC(=O)n1cc(CCN(C(C)C)C(C)C)c2ccccc21. The van der Waals surface area contributed by atoms with E-state index in [1.165, 1.54) is 43.1 Å². The molecule has 1 aromatic heterocycles. The van der Waals surface area contributed by atoms with Crippen LogP contribution in [0.25, 0.3) is 10.9 Å². The summed E-state index contributed by atoms with van der Waals surface area (Å²) in [4.78, 5) is 27.8. The predicted octanol–water partition coefficient (Wildman–Crippen LogP) is 9.99. The van der Waals surface area contributed by atoms with E-state index in [2.05, 4.69) is 63.8 Å². The molecule has 0 saturated heterocycles. The summed E-state index contributed by atoms with van der Waals surface area (Å²) in [5.74, 6) is -0.327. The molecule has 1 aromatic carbocycles. The Hall–Kier alpha value is -2.86. The van der Waals surface area contributed by atoms with Crippen LogP contribution < -0.4 is 0 Å². The first kappa shape index (κ1) is 36.3. The number of para-hydroxylation sites is 1. The molecule has 6 nitrogen and oxygen atoms in total. The summed E-state index contributed by atoms with van der Waals surface area (Å²) in [7, 11) is 0. The zero-order chi connectivity index (χ0) is 31.5. The average Bonchev–Trinajstić information content (AvgIpc) is 3.33. The number of allylic oxidation sites excluding steroid dienone is 4. The van der Waals surface area contributed by atoms with Gasteiger partial charge in [-0.3, -0.25) is 14.3 Å². The van der Waals surface area contributed by atoms with Gasteiger partial charge >= 0.3 is 12.1 Å². The number of ether oxygens (including phenoxy) is 2. The molecule has 0 saturated carbocycles. The van der Waals surface area contributed by atoms with Crippen molar-refractivity contribution in [3.05, 3.63) is 60.3 Å². The van der Waals surface area contributed by atoms with Crippen LogP contribution in [0.3, 0.4) is 0 Å². The van der Waals surface area contributed by atoms with Crippen LogP contribution >= 0.6 is 0 Å². The molecule has 240 valence electrons. The molecule has 0 aliphatic heterocycles. The number of unbranched alkanes of at least 4 members (excludes halogenated alkanes) is 8. The summed E-state index contributed by atoms with van der Waals surface area (Å²) in [5, 5.41) is 1.04. The molecule has 0 radical (unpaired) electrons. The Labute approximate surface area is 261 Å². The largest absolute Gasteiger partial charge is 0.425 e. The van der Waals surface area contributed by atoms with Crippen molar-refractivity contribution in [1.82, 2.24) is 9.47 Å². The van der Waals surface area contributed by atoms with Crippen molar-refractivity contribution in [2.24, 2.45) is 0 Å². The second kappa shape index (κ2) is 20.9. The second-order valence-electron chi connectivity index (χ2n) is 12.1. The number of hydrogen-bond acceptors (Lipinski definition) is 5. The standard InChI is InChI=1S/C37H58N2O4/c1-7-8-9-10-11-12-13-14-15-16-17-18-19-20-21-26-36(40)42-32(6)43-37(41)39-29-33(34-24-22-23-25-35(34)39)27-28-38(30(2)3)31(4)5/h11-12,14-15,22-25,29-32H,7-10,13,16-21,26-28H2,1-6H3/b12-11-,15-14-. The molecule has 43 heavy (non-hydrogen) atoms. The second-order valence-corrected chi connectivity index (χ2v) is 12.1. The van der Waals surface area contributed by atoms with Gasteiger partial charge in [-0.25, -0.2) is 4.79 Å². The fraction of sp³-hybridized carbons (Fsp3) is 0.622. The molecule has 0 aliphatic carbocycles. The van der Waals surface area contributed by atoms with Crippen LogP contribution in [0.1, 0.15) is 124 Å². The molecule has 0 amide bonds. The van der Waals surface area contributed by atoms with Crippen molar-refractivity contribution < 1.29 is 19.1 Å². The lowest BCUT2D eigenvalue weighted by molar-refractivity contribution is -0.164. The lowest BCUT2D eigenvalue weighted by Crippen LogP contribution is -2.38. The third-order valence-electron chi connectivity index (χ3n) is 7.85. The van der Waals surface area contributed by atoms with Crippen molar-refractivity contribution in [1.29, 1.82) is 0 Å². The van der Waals surface area contributed by atoms with E-state index in [-0.39, 0.29) is 5.97 Å². The minimum atomic E-state index is -0.944. The van der Waals surface area contributed by atoms with E-state index in [0.29, 0.717) is 18.5 Å². The average molecular weight is 595 g/mol. The molecular formula is C37H58N2O4. The molecule has 2 aromatic rings. The van der Waals surface area contributed by atoms with Crippen LogP contribution in [0.5, 0.6) is 0 Å². The molecule has 1 unspecified atom stereocenters. The highest BCUT2D eigenvalue weighted by Gasteiger charge is 2.20. The summed E-state index contributed by atoms with van der Waals surface area (Å²) in [5.41, 5.74) is 1.90. The van der Waals surface area contributed by atoms with E-state index in [1.807, 2.05) is 30.5 Å². The van der Waals surface area contributed by atoms with Crippen LogP contribution in [0.4, 0.5) is 4.79 Å². The fourth-order valence-corrected chi connectivity index (χ4v) is 5.51. The first-order valence-corrected chi connectivity index (χ1v) is 16.8. The van der Waals surface area contributed by atoms with E-state index >= 15 is 0 Å². The summed E-state index contributed by atoms with van der Waals surface area (Å²) >= 11 is 0. The van der Waals surface area contributed by atoms with Crippen LogP contribution in [0.15, 0.2) is 54.8 Å². The first-order valence-electron chi connectivity index (χ1n) is 16.8. The van der Waals surface area contributed by atoms with Crippen molar-refractivity contribution in [3.8, 4) is 0 Å². The molecule has 0 spiro atoms. The third-order valence-corrected chi connectivity index (χ3v) is 7.85. The van der Waals surface area contributed by atoms with Gasteiger partial charge in [-0.15, -0.1) is 0 Å². The van der Waals surface area contributed by atoms with E-state index < -0.39 is 12.4 Å². The smallest absolute Gasteiger partial charge is 0.421 e. The molecule has 1 heterocycles. The first-order chi connectivity index (χ1) is 20.7. The number of benzene rings is 1. The zero-order valence-corrected chi connectivity index (χ0v) is 27.9. The van der Waals surface area contributed by atoms with Crippen LogP contribution in [0, 0.1) is 0 Å². The number of fused-ring (bicyclic) bond motifs is 1. The van der Waals surface area contributed by atoms with Gasteiger partial charge in [0.1, 0.15) is 0 Å². The minimum absolute atomic E-state index is 0.327. The summed E-state index contributed by atoms with van der Waals surface area (Å²) in [6.45, 7) is 13.6. The molecule has 6 heteroatoms. The Morgan fingerprint density at radius 1 is 0.814 bits per heavy atom. The molecule has 2 rings (SSSR count). The number of nitrogens with zero attached hydrogens (tertiary/aromatic N) is 2. The van der Waals surface area contributed by atoms with Gasteiger partial charge in [0.15, 0.2) is 0 Å². The van der Waals surface area contributed by atoms with Gasteiger partial charge in [-0.2, -0.15) is 0 Å². The molecule has 0 bridgehead atoms. The molecule has 1 atom stereocenters. The minimum Gasteiger partial charge on any atom is -0.425 e.